The lowest BCUT2D eigenvalue weighted by Gasteiger charge is -2.14. The van der Waals surface area contributed by atoms with Gasteiger partial charge in [-0.05, 0) is 54.5 Å². The molecule has 3 aromatic heterocycles. The number of hydrogen-bond acceptors (Lipinski definition) is 4. The number of aromatic amines is 1. The van der Waals surface area contributed by atoms with Gasteiger partial charge < -0.3 is 10.7 Å². The number of halogens is 1. The number of benzene rings is 1. The molecule has 0 amide bonds. The summed E-state index contributed by atoms with van der Waals surface area (Å²) in [6.45, 7) is 2.13. The Kier molecular flexibility index (Phi) is 5.62. The molecule has 1 aliphatic rings. The molecule has 6 nitrogen and oxygen atoms in total. The second kappa shape index (κ2) is 8.20. The van der Waals surface area contributed by atoms with Gasteiger partial charge in [0.05, 0.1) is 0 Å². The predicted octanol–water partition coefficient (Wildman–Crippen LogP) is 4.74. The fourth-order valence-electron chi connectivity index (χ4n) is 4.40. The number of rotatable bonds is 3. The molecule has 4 aromatic rings. The van der Waals surface area contributed by atoms with Crippen molar-refractivity contribution < 1.29 is 0 Å². The summed E-state index contributed by atoms with van der Waals surface area (Å²) < 4.78 is 1.91. The second-order valence-electron chi connectivity index (χ2n) is 7.91. The number of nitrogens with two attached hydrogens (primary N) is 1. The standard InChI is InChI=1S/C23H26N6.ClH/c1-3-16-13-20(28-29(16)2)22-26-21-18(10-11-25-23(21)27-22)15-8-9-17-14(12-15)6-4-5-7-19(17)24;/h8-13,19H,3-7,24H2,1-2H3,(H,25,26,27);1H. The fourth-order valence-corrected chi connectivity index (χ4v) is 4.40. The molecule has 30 heavy (non-hydrogen) atoms. The predicted molar refractivity (Wildman–Crippen MR) is 123 cm³/mol. The van der Waals surface area contributed by atoms with Crippen LogP contribution in [0.5, 0.6) is 0 Å². The van der Waals surface area contributed by atoms with E-state index >= 15 is 0 Å². The number of aromatic nitrogens is 5. The fraction of sp³-hybridized carbons (Fsp3) is 0.348. The number of hydrogen-bond donors (Lipinski definition) is 2. The third-order valence-corrected chi connectivity index (χ3v) is 6.03. The van der Waals surface area contributed by atoms with Crippen molar-refractivity contribution in [1.82, 2.24) is 24.7 Å². The van der Waals surface area contributed by atoms with Gasteiger partial charge in [-0.1, -0.05) is 31.5 Å². The molecular formula is C23H27ClN6. The first-order valence-corrected chi connectivity index (χ1v) is 10.4. The number of fused-ring (bicyclic) bond motifs is 2. The van der Waals surface area contributed by atoms with Crippen molar-refractivity contribution in [2.45, 2.75) is 45.1 Å². The molecule has 1 atom stereocenters. The molecule has 0 radical (unpaired) electrons. The van der Waals surface area contributed by atoms with E-state index in [0.29, 0.717) is 0 Å². The topological polar surface area (TPSA) is 85.4 Å². The normalized spacial score (nSPS) is 16.2. The first kappa shape index (κ1) is 20.6. The third-order valence-electron chi connectivity index (χ3n) is 6.03. The molecule has 0 spiro atoms. The van der Waals surface area contributed by atoms with Crippen molar-refractivity contribution in [2.75, 3.05) is 0 Å². The van der Waals surface area contributed by atoms with Gasteiger partial charge in [0.15, 0.2) is 11.5 Å². The number of H-pyrrole nitrogens is 1. The molecular weight excluding hydrogens is 396 g/mol. The number of pyridine rings is 1. The van der Waals surface area contributed by atoms with Crippen molar-refractivity contribution in [1.29, 1.82) is 0 Å². The van der Waals surface area contributed by atoms with E-state index in [4.69, 9.17) is 10.7 Å². The van der Waals surface area contributed by atoms with Crippen LogP contribution >= 0.6 is 12.4 Å². The minimum atomic E-state index is 0. The lowest BCUT2D eigenvalue weighted by Crippen LogP contribution is -2.10. The van der Waals surface area contributed by atoms with Gasteiger partial charge in [-0.3, -0.25) is 4.68 Å². The van der Waals surface area contributed by atoms with Gasteiger partial charge in [0.1, 0.15) is 11.2 Å². The van der Waals surface area contributed by atoms with Crippen LogP contribution in [0, 0.1) is 0 Å². The van der Waals surface area contributed by atoms with Crippen LogP contribution in [-0.4, -0.2) is 24.7 Å². The van der Waals surface area contributed by atoms with Crippen molar-refractivity contribution >= 4 is 23.6 Å². The number of nitrogens with zero attached hydrogens (tertiary/aromatic N) is 4. The van der Waals surface area contributed by atoms with Crippen molar-refractivity contribution in [2.24, 2.45) is 12.8 Å². The average Bonchev–Trinajstić information content (AvgIpc) is 3.28. The summed E-state index contributed by atoms with van der Waals surface area (Å²) in [4.78, 5) is 12.7. The first-order valence-electron chi connectivity index (χ1n) is 10.4. The number of imidazole rings is 1. The van der Waals surface area contributed by atoms with Gasteiger partial charge in [0, 0.05) is 30.5 Å². The smallest absolute Gasteiger partial charge is 0.160 e. The highest BCUT2D eigenvalue weighted by molar-refractivity contribution is 5.91. The Balaban J connectivity index is 0.00000218. The van der Waals surface area contributed by atoms with Crippen LogP contribution in [0.15, 0.2) is 36.5 Å². The van der Waals surface area contributed by atoms with Gasteiger partial charge in [-0.25, -0.2) is 9.97 Å². The molecule has 5 rings (SSSR count). The Hall–Kier alpha value is -2.70. The van der Waals surface area contributed by atoms with Gasteiger partial charge in [-0.15, -0.1) is 12.4 Å². The van der Waals surface area contributed by atoms with E-state index in [-0.39, 0.29) is 18.4 Å². The molecule has 0 saturated carbocycles. The van der Waals surface area contributed by atoms with Crippen LogP contribution in [0.25, 0.3) is 33.8 Å². The van der Waals surface area contributed by atoms with Gasteiger partial charge >= 0.3 is 0 Å². The Morgan fingerprint density at radius 1 is 1.20 bits per heavy atom. The molecule has 3 heterocycles. The summed E-state index contributed by atoms with van der Waals surface area (Å²) in [5.74, 6) is 0.757. The molecule has 0 aliphatic heterocycles. The lowest BCUT2D eigenvalue weighted by atomic mass is 9.94. The van der Waals surface area contributed by atoms with Crippen LogP contribution in [0.2, 0.25) is 0 Å². The zero-order valence-electron chi connectivity index (χ0n) is 17.4. The van der Waals surface area contributed by atoms with Crippen molar-refractivity contribution in [3.8, 4) is 22.6 Å². The van der Waals surface area contributed by atoms with Crippen molar-refractivity contribution in [3.05, 3.63) is 53.3 Å². The van der Waals surface area contributed by atoms with Crippen molar-refractivity contribution in [3.63, 3.8) is 0 Å². The van der Waals surface area contributed by atoms with Gasteiger partial charge in [0.2, 0.25) is 0 Å². The third kappa shape index (κ3) is 3.50. The molecule has 0 saturated heterocycles. The Bertz CT molecular complexity index is 1190. The van der Waals surface area contributed by atoms with Crippen LogP contribution in [0.1, 0.15) is 49.0 Å². The summed E-state index contributed by atoms with van der Waals surface area (Å²) in [5, 5.41) is 4.61. The van der Waals surface area contributed by atoms with E-state index in [1.54, 1.807) is 0 Å². The highest BCUT2D eigenvalue weighted by atomic mass is 35.5. The van der Waals surface area contributed by atoms with E-state index in [2.05, 4.69) is 46.3 Å². The summed E-state index contributed by atoms with van der Waals surface area (Å²) in [6, 6.07) is 10.9. The monoisotopic (exact) mass is 422 g/mol. The number of aryl methyl sites for hydroxylation is 3. The maximum atomic E-state index is 6.38. The molecule has 7 heteroatoms. The zero-order chi connectivity index (χ0) is 20.0. The summed E-state index contributed by atoms with van der Waals surface area (Å²) >= 11 is 0. The van der Waals surface area contributed by atoms with Crippen LogP contribution < -0.4 is 5.73 Å². The van der Waals surface area contributed by atoms with Crippen LogP contribution in [0.4, 0.5) is 0 Å². The zero-order valence-corrected chi connectivity index (χ0v) is 18.2. The lowest BCUT2D eigenvalue weighted by molar-refractivity contribution is 0.615. The quantitative estimate of drug-likeness (QED) is 0.467. The molecule has 1 aromatic carbocycles. The minimum absolute atomic E-state index is 0. The highest BCUT2D eigenvalue weighted by Gasteiger charge is 2.18. The molecule has 1 unspecified atom stereocenters. The van der Waals surface area contributed by atoms with E-state index in [0.717, 1.165) is 47.5 Å². The van der Waals surface area contributed by atoms with Crippen LogP contribution in [-0.2, 0) is 19.9 Å². The van der Waals surface area contributed by atoms with Crippen LogP contribution in [0.3, 0.4) is 0 Å². The SMILES string of the molecule is CCc1cc(-c2nc3c(-c4ccc5c(c4)CCCCC5N)ccnc3[nH]2)nn1C.Cl. The van der Waals surface area contributed by atoms with Gasteiger partial charge in [-0.2, -0.15) is 5.10 Å². The molecule has 3 N–H and O–H groups in total. The molecule has 0 fully saturated rings. The first-order chi connectivity index (χ1) is 14.1. The van der Waals surface area contributed by atoms with E-state index in [1.165, 1.54) is 35.2 Å². The maximum Gasteiger partial charge on any atom is 0.160 e. The maximum absolute atomic E-state index is 6.38. The molecule has 0 bridgehead atoms. The van der Waals surface area contributed by atoms with E-state index < -0.39 is 0 Å². The highest BCUT2D eigenvalue weighted by Crippen LogP contribution is 2.33. The molecule has 1 aliphatic carbocycles. The average molecular weight is 423 g/mol. The minimum Gasteiger partial charge on any atom is -0.324 e. The van der Waals surface area contributed by atoms with E-state index in [9.17, 15) is 0 Å². The Labute approximate surface area is 182 Å². The Morgan fingerprint density at radius 3 is 2.87 bits per heavy atom. The van der Waals surface area contributed by atoms with E-state index in [1.807, 2.05) is 24.0 Å². The summed E-state index contributed by atoms with van der Waals surface area (Å²) in [6.07, 6.45) is 7.32. The number of nitrogens with one attached hydrogen (secondary N) is 1. The Morgan fingerprint density at radius 2 is 2.07 bits per heavy atom. The van der Waals surface area contributed by atoms with Gasteiger partial charge in [0.25, 0.3) is 0 Å². The summed E-state index contributed by atoms with van der Waals surface area (Å²) in [7, 11) is 1.97. The second-order valence-corrected chi connectivity index (χ2v) is 7.91. The molecule has 156 valence electrons. The largest absolute Gasteiger partial charge is 0.324 e. The summed E-state index contributed by atoms with van der Waals surface area (Å²) in [5.41, 5.74) is 15.0.